The van der Waals surface area contributed by atoms with Crippen molar-refractivity contribution in [2.45, 2.75) is 52.6 Å². The van der Waals surface area contributed by atoms with Gasteiger partial charge in [0.25, 0.3) is 0 Å². The molecule has 0 aliphatic carbocycles. The highest BCUT2D eigenvalue weighted by atomic mass is 127. The van der Waals surface area contributed by atoms with Crippen molar-refractivity contribution in [3.05, 3.63) is 35.4 Å². The Bertz CT molecular complexity index is 492. The van der Waals surface area contributed by atoms with Crippen molar-refractivity contribution in [3.8, 4) is 0 Å². The normalized spacial score (nSPS) is 16.3. The van der Waals surface area contributed by atoms with Crippen molar-refractivity contribution in [2.24, 2.45) is 10.7 Å². The second-order valence-corrected chi connectivity index (χ2v) is 6.36. The van der Waals surface area contributed by atoms with E-state index in [1.54, 1.807) is 0 Å². The predicted octanol–water partition coefficient (Wildman–Crippen LogP) is 3.84. The molecule has 1 aliphatic rings. The Morgan fingerprint density at radius 2 is 1.71 bits per heavy atom. The number of guanidine groups is 1. The summed E-state index contributed by atoms with van der Waals surface area (Å²) >= 11 is 0. The van der Waals surface area contributed by atoms with Crippen LogP contribution >= 0.6 is 24.0 Å². The number of benzene rings is 1. The van der Waals surface area contributed by atoms with E-state index < -0.39 is 0 Å². The largest absolute Gasteiger partial charge is 0.370 e. The van der Waals surface area contributed by atoms with Gasteiger partial charge in [0.1, 0.15) is 0 Å². The summed E-state index contributed by atoms with van der Waals surface area (Å²) in [7, 11) is 0. The molecule has 2 rings (SSSR count). The maximum absolute atomic E-state index is 6.06. The van der Waals surface area contributed by atoms with Gasteiger partial charge in [0.05, 0.1) is 6.54 Å². The lowest BCUT2D eigenvalue weighted by Crippen LogP contribution is -2.37. The summed E-state index contributed by atoms with van der Waals surface area (Å²) < 4.78 is 0. The molecule has 0 saturated carbocycles. The van der Waals surface area contributed by atoms with Gasteiger partial charge in [-0.1, -0.05) is 37.1 Å². The zero-order valence-electron chi connectivity index (χ0n) is 15.2. The molecule has 1 aromatic carbocycles. The van der Waals surface area contributed by atoms with Gasteiger partial charge >= 0.3 is 0 Å². The highest BCUT2D eigenvalue weighted by Crippen LogP contribution is 2.14. The third kappa shape index (κ3) is 6.97. The summed E-state index contributed by atoms with van der Waals surface area (Å²) in [5, 5.41) is 0. The summed E-state index contributed by atoms with van der Waals surface area (Å²) in [5.74, 6) is 0.646. The van der Waals surface area contributed by atoms with Crippen LogP contribution in [-0.4, -0.2) is 41.9 Å². The second-order valence-electron chi connectivity index (χ2n) is 6.36. The summed E-state index contributed by atoms with van der Waals surface area (Å²) in [6.45, 7) is 10.2. The average molecular weight is 444 g/mol. The Balaban J connectivity index is 0.00000288. The fourth-order valence-corrected chi connectivity index (χ4v) is 3.20. The number of likely N-dealkylation sites (tertiary alicyclic amines) is 1. The number of hydrogen-bond donors (Lipinski definition) is 1. The predicted molar refractivity (Wildman–Crippen MR) is 114 cm³/mol. The molecule has 24 heavy (non-hydrogen) atoms. The number of aliphatic imine (C=N–C) groups is 1. The maximum atomic E-state index is 6.06. The lowest BCUT2D eigenvalue weighted by atomic mass is 10.1. The zero-order valence-corrected chi connectivity index (χ0v) is 17.5. The standard InChI is InChI=1S/C19H32N4.HI/c1-3-23(4-2)19(20)21-15-17-10-9-11-18(14-17)16-22-12-7-5-6-8-13-22;/h9-11,14H,3-8,12-13,15-16H2,1-2H3,(H2,20,21);1H. The van der Waals surface area contributed by atoms with Crippen molar-refractivity contribution >= 4 is 29.9 Å². The van der Waals surface area contributed by atoms with Crippen LogP contribution in [0.1, 0.15) is 50.7 Å². The lowest BCUT2D eigenvalue weighted by molar-refractivity contribution is 0.277. The molecule has 4 nitrogen and oxygen atoms in total. The van der Waals surface area contributed by atoms with E-state index in [-0.39, 0.29) is 24.0 Å². The Morgan fingerprint density at radius 1 is 1.08 bits per heavy atom. The minimum Gasteiger partial charge on any atom is -0.370 e. The Morgan fingerprint density at radius 3 is 2.33 bits per heavy atom. The van der Waals surface area contributed by atoms with Gasteiger partial charge in [0, 0.05) is 19.6 Å². The fourth-order valence-electron chi connectivity index (χ4n) is 3.20. The first-order valence-corrected chi connectivity index (χ1v) is 9.08. The Hall–Kier alpha value is -0.820. The molecule has 1 heterocycles. The molecule has 0 atom stereocenters. The minimum atomic E-state index is 0. The highest BCUT2D eigenvalue weighted by molar-refractivity contribution is 14.0. The van der Waals surface area contributed by atoms with Crippen LogP contribution in [0.4, 0.5) is 0 Å². The molecule has 0 spiro atoms. The van der Waals surface area contributed by atoms with Gasteiger partial charge in [0.2, 0.25) is 0 Å². The van der Waals surface area contributed by atoms with Crippen LogP contribution in [0.3, 0.4) is 0 Å². The van der Waals surface area contributed by atoms with Gasteiger partial charge in [-0.15, -0.1) is 24.0 Å². The molecule has 0 bridgehead atoms. The first-order valence-electron chi connectivity index (χ1n) is 9.08. The molecular formula is C19H33IN4. The molecule has 0 unspecified atom stereocenters. The third-order valence-corrected chi connectivity index (χ3v) is 4.61. The van der Waals surface area contributed by atoms with E-state index in [1.165, 1.54) is 49.9 Å². The van der Waals surface area contributed by atoms with Crippen LogP contribution in [0.25, 0.3) is 0 Å². The molecule has 5 heteroatoms. The Labute approximate surface area is 164 Å². The summed E-state index contributed by atoms with van der Waals surface area (Å²) in [5.41, 5.74) is 8.69. The zero-order chi connectivity index (χ0) is 16.5. The molecular weight excluding hydrogens is 411 g/mol. The molecule has 2 N–H and O–H groups in total. The number of nitrogens with zero attached hydrogens (tertiary/aromatic N) is 3. The van der Waals surface area contributed by atoms with E-state index in [0.29, 0.717) is 12.5 Å². The molecule has 0 amide bonds. The SMILES string of the molecule is CCN(CC)C(N)=NCc1cccc(CN2CCCCCC2)c1.I. The molecule has 1 aromatic rings. The van der Waals surface area contributed by atoms with Crippen molar-refractivity contribution in [3.63, 3.8) is 0 Å². The number of hydrogen-bond acceptors (Lipinski definition) is 2. The van der Waals surface area contributed by atoms with E-state index in [4.69, 9.17) is 5.73 Å². The fraction of sp³-hybridized carbons (Fsp3) is 0.632. The topological polar surface area (TPSA) is 44.9 Å². The lowest BCUT2D eigenvalue weighted by Gasteiger charge is -2.20. The van der Waals surface area contributed by atoms with Gasteiger partial charge < -0.3 is 10.6 Å². The van der Waals surface area contributed by atoms with Crippen LogP contribution < -0.4 is 5.73 Å². The van der Waals surface area contributed by atoms with Gasteiger partial charge in [-0.05, 0) is 50.9 Å². The third-order valence-electron chi connectivity index (χ3n) is 4.61. The first-order chi connectivity index (χ1) is 11.2. The molecule has 1 fully saturated rings. The van der Waals surface area contributed by atoms with Crippen molar-refractivity contribution in [1.29, 1.82) is 0 Å². The summed E-state index contributed by atoms with van der Waals surface area (Å²) in [6.07, 6.45) is 5.44. The van der Waals surface area contributed by atoms with E-state index >= 15 is 0 Å². The van der Waals surface area contributed by atoms with Crippen molar-refractivity contribution < 1.29 is 0 Å². The molecule has 1 aliphatic heterocycles. The average Bonchev–Trinajstić information content (AvgIpc) is 2.83. The highest BCUT2D eigenvalue weighted by Gasteiger charge is 2.09. The number of rotatable bonds is 6. The quantitative estimate of drug-likeness (QED) is 0.412. The Kier molecular flexibility index (Phi) is 10.3. The summed E-state index contributed by atoms with van der Waals surface area (Å²) in [6, 6.07) is 8.80. The molecule has 136 valence electrons. The number of halogens is 1. The maximum Gasteiger partial charge on any atom is 0.191 e. The summed E-state index contributed by atoms with van der Waals surface area (Å²) in [4.78, 5) is 9.21. The van der Waals surface area contributed by atoms with Gasteiger partial charge in [0.15, 0.2) is 5.96 Å². The first kappa shape index (κ1) is 21.2. The second kappa shape index (κ2) is 11.7. The van der Waals surface area contributed by atoms with Crippen molar-refractivity contribution in [1.82, 2.24) is 9.80 Å². The van der Waals surface area contributed by atoms with Gasteiger partial charge in [-0.25, -0.2) is 4.99 Å². The van der Waals surface area contributed by atoms with Crippen LogP contribution in [0, 0.1) is 0 Å². The van der Waals surface area contributed by atoms with E-state index in [1.807, 2.05) is 0 Å². The van der Waals surface area contributed by atoms with Crippen LogP contribution in [0.5, 0.6) is 0 Å². The smallest absolute Gasteiger partial charge is 0.191 e. The van der Waals surface area contributed by atoms with Gasteiger partial charge in [-0.3, -0.25) is 4.90 Å². The molecule has 1 saturated heterocycles. The van der Waals surface area contributed by atoms with Crippen molar-refractivity contribution in [2.75, 3.05) is 26.2 Å². The van der Waals surface area contributed by atoms with E-state index in [9.17, 15) is 0 Å². The minimum absolute atomic E-state index is 0. The van der Waals surface area contributed by atoms with E-state index in [2.05, 4.69) is 52.9 Å². The molecule has 0 radical (unpaired) electrons. The number of nitrogens with two attached hydrogens (primary N) is 1. The molecule has 0 aromatic heterocycles. The van der Waals surface area contributed by atoms with E-state index in [0.717, 1.165) is 19.6 Å². The monoisotopic (exact) mass is 444 g/mol. The van der Waals surface area contributed by atoms with Gasteiger partial charge in [-0.2, -0.15) is 0 Å². The van der Waals surface area contributed by atoms with Crippen LogP contribution in [0.2, 0.25) is 0 Å². The van der Waals surface area contributed by atoms with Crippen LogP contribution in [0.15, 0.2) is 29.3 Å². The van der Waals surface area contributed by atoms with Crippen LogP contribution in [-0.2, 0) is 13.1 Å².